The van der Waals surface area contributed by atoms with Gasteiger partial charge < -0.3 is 15.0 Å². The molecule has 1 N–H and O–H groups in total. The van der Waals surface area contributed by atoms with Crippen LogP contribution in [0.3, 0.4) is 0 Å². The van der Waals surface area contributed by atoms with E-state index in [1.165, 1.54) is 32.1 Å². The molecule has 2 aliphatic heterocycles. The number of hydrogen-bond acceptors (Lipinski definition) is 4. The van der Waals surface area contributed by atoms with Gasteiger partial charge in [0.15, 0.2) is 0 Å². The van der Waals surface area contributed by atoms with E-state index in [0.717, 1.165) is 32.6 Å². The SMILES string of the molecule is COCCN(C(=O)C1CCCN1C1CCNCC1)C1CC1. The van der Waals surface area contributed by atoms with Crippen LogP contribution in [-0.2, 0) is 9.53 Å². The van der Waals surface area contributed by atoms with Gasteiger partial charge in [0.25, 0.3) is 0 Å². The van der Waals surface area contributed by atoms with Crippen LogP contribution in [-0.4, -0.2) is 73.7 Å². The first-order valence-corrected chi connectivity index (χ1v) is 8.57. The normalized spacial score (nSPS) is 28.0. The molecule has 1 unspecified atom stereocenters. The molecular formula is C16H29N3O2. The van der Waals surface area contributed by atoms with E-state index in [1.54, 1.807) is 7.11 Å². The lowest BCUT2D eigenvalue weighted by molar-refractivity contribution is -0.138. The van der Waals surface area contributed by atoms with Crippen molar-refractivity contribution in [2.45, 2.75) is 56.7 Å². The highest BCUT2D eigenvalue weighted by Gasteiger charge is 2.41. The fourth-order valence-corrected chi connectivity index (χ4v) is 3.87. The summed E-state index contributed by atoms with van der Waals surface area (Å²) >= 11 is 0. The molecule has 3 fully saturated rings. The zero-order valence-corrected chi connectivity index (χ0v) is 13.2. The summed E-state index contributed by atoms with van der Waals surface area (Å²) in [4.78, 5) is 17.6. The summed E-state index contributed by atoms with van der Waals surface area (Å²) in [7, 11) is 1.71. The summed E-state index contributed by atoms with van der Waals surface area (Å²) in [5, 5.41) is 3.42. The predicted molar refractivity (Wildman–Crippen MR) is 82.2 cm³/mol. The van der Waals surface area contributed by atoms with Crippen molar-refractivity contribution in [3.05, 3.63) is 0 Å². The van der Waals surface area contributed by atoms with Gasteiger partial charge in [0.05, 0.1) is 12.6 Å². The lowest BCUT2D eigenvalue weighted by Gasteiger charge is -2.37. The lowest BCUT2D eigenvalue weighted by atomic mass is 10.0. The molecule has 2 heterocycles. The number of rotatable bonds is 6. The first-order chi connectivity index (χ1) is 10.3. The van der Waals surface area contributed by atoms with Crippen LogP contribution in [0, 0.1) is 0 Å². The fraction of sp³-hybridized carbons (Fsp3) is 0.938. The molecular weight excluding hydrogens is 266 g/mol. The van der Waals surface area contributed by atoms with E-state index in [-0.39, 0.29) is 6.04 Å². The van der Waals surface area contributed by atoms with Gasteiger partial charge in [-0.05, 0) is 58.2 Å². The highest BCUT2D eigenvalue weighted by Crippen LogP contribution is 2.31. The molecule has 0 aromatic carbocycles. The average molecular weight is 295 g/mol. The van der Waals surface area contributed by atoms with Crippen molar-refractivity contribution in [3.8, 4) is 0 Å². The van der Waals surface area contributed by atoms with Crippen LogP contribution in [0.25, 0.3) is 0 Å². The molecule has 2 saturated heterocycles. The molecule has 0 spiro atoms. The number of piperidine rings is 1. The van der Waals surface area contributed by atoms with Gasteiger partial charge in [0, 0.05) is 25.7 Å². The molecule has 21 heavy (non-hydrogen) atoms. The maximum absolute atomic E-state index is 13.0. The van der Waals surface area contributed by atoms with Crippen LogP contribution in [0.4, 0.5) is 0 Å². The van der Waals surface area contributed by atoms with Gasteiger partial charge in [-0.1, -0.05) is 0 Å². The number of hydrogen-bond donors (Lipinski definition) is 1. The Morgan fingerprint density at radius 2 is 2.00 bits per heavy atom. The third kappa shape index (κ3) is 3.58. The van der Waals surface area contributed by atoms with E-state index >= 15 is 0 Å². The Bertz CT molecular complexity index is 353. The number of carbonyl (C=O) groups is 1. The van der Waals surface area contributed by atoms with E-state index in [4.69, 9.17) is 4.74 Å². The number of nitrogens with zero attached hydrogens (tertiary/aromatic N) is 2. The molecule has 0 bridgehead atoms. The first-order valence-electron chi connectivity index (χ1n) is 8.57. The minimum Gasteiger partial charge on any atom is -0.383 e. The molecule has 5 nitrogen and oxygen atoms in total. The van der Waals surface area contributed by atoms with E-state index < -0.39 is 0 Å². The second-order valence-corrected chi connectivity index (χ2v) is 6.63. The molecule has 1 aliphatic carbocycles. The minimum atomic E-state index is 0.130. The molecule has 0 radical (unpaired) electrons. The van der Waals surface area contributed by atoms with E-state index in [2.05, 4.69) is 15.1 Å². The molecule has 0 aromatic rings. The Hall–Kier alpha value is -0.650. The van der Waals surface area contributed by atoms with Gasteiger partial charge in [-0.2, -0.15) is 0 Å². The van der Waals surface area contributed by atoms with Crippen molar-refractivity contribution in [2.75, 3.05) is 39.9 Å². The van der Waals surface area contributed by atoms with Crippen LogP contribution in [0.15, 0.2) is 0 Å². The Kier molecular flexibility index (Phi) is 5.14. The number of nitrogens with one attached hydrogen (secondary N) is 1. The van der Waals surface area contributed by atoms with Gasteiger partial charge in [-0.3, -0.25) is 9.69 Å². The van der Waals surface area contributed by atoms with Crippen molar-refractivity contribution < 1.29 is 9.53 Å². The fourth-order valence-electron chi connectivity index (χ4n) is 3.87. The van der Waals surface area contributed by atoms with Crippen LogP contribution in [0.5, 0.6) is 0 Å². The number of carbonyl (C=O) groups excluding carboxylic acids is 1. The maximum atomic E-state index is 13.0. The first kappa shape index (κ1) is 15.3. The summed E-state index contributed by atoms with van der Waals surface area (Å²) in [5.74, 6) is 0.366. The summed E-state index contributed by atoms with van der Waals surface area (Å²) in [6.45, 7) is 4.71. The zero-order valence-electron chi connectivity index (χ0n) is 13.2. The van der Waals surface area contributed by atoms with Crippen molar-refractivity contribution >= 4 is 5.91 Å². The highest BCUT2D eigenvalue weighted by atomic mass is 16.5. The van der Waals surface area contributed by atoms with Gasteiger partial charge >= 0.3 is 0 Å². The van der Waals surface area contributed by atoms with Crippen LogP contribution < -0.4 is 5.32 Å². The number of likely N-dealkylation sites (tertiary alicyclic amines) is 1. The van der Waals surface area contributed by atoms with Crippen LogP contribution in [0.2, 0.25) is 0 Å². The summed E-state index contributed by atoms with van der Waals surface area (Å²) < 4.78 is 5.19. The van der Waals surface area contributed by atoms with Crippen LogP contribution >= 0.6 is 0 Å². The highest BCUT2D eigenvalue weighted by molar-refractivity contribution is 5.83. The Morgan fingerprint density at radius 3 is 2.67 bits per heavy atom. The summed E-state index contributed by atoms with van der Waals surface area (Å²) in [5.41, 5.74) is 0. The van der Waals surface area contributed by atoms with Crippen molar-refractivity contribution in [3.63, 3.8) is 0 Å². The Morgan fingerprint density at radius 1 is 1.24 bits per heavy atom. The molecule has 1 atom stereocenters. The van der Waals surface area contributed by atoms with Crippen molar-refractivity contribution in [1.82, 2.24) is 15.1 Å². The number of methoxy groups -OCH3 is 1. The van der Waals surface area contributed by atoms with E-state index in [0.29, 0.717) is 24.6 Å². The third-order valence-corrected chi connectivity index (χ3v) is 5.16. The molecule has 5 heteroatoms. The summed E-state index contributed by atoms with van der Waals surface area (Å²) in [6.07, 6.45) is 6.93. The molecule has 0 aromatic heterocycles. The van der Waals surface area contributed by atoms with Crippen molar-refractivity contribution in [2.24, 2.45) is 0 Å². The summed E-state index contributed by atoms with van der Waals surface area (Å²) in [6, 6.07) is 1.22. The van der Waals surface area contributed by atoms with Crippen LogP contribution in [0.1, 0.15) is 38.5 Å². The molecule has 3 rings (SSSR count). The third-order valence-electron chi connectivity index (χ3n) is 5.16. The quantitative estimate of drug-likeness (QED) is 0.789. The zero-order chi connectivity index (χ0) is 14.7. The molecule has 120 valence electrons. The molecule has 1 amide bonds. The van der Waals surface area contributed by atoms with Gasteiger partial charge in [-0.15, -0.1) is 0 Å². The maximum Gasteiger partial charge on any atom is 0.240 e. The standard InChI is InChI=1S/C16H29N3O2/c1-21-12-11-19(13-4-5-13)16(20)15-3-2-10-18(15)14-6-8-17-9-7-14/h13-15,17H,2-12H2,1H3. The minimum absolute atomic E-state index is 0.130. The Labute approximate surface area is 128 Å². The Balaban J connectivity index is 1.63. The average Bonchev–Trinajstić information content (AvgIpc) is 3.24. The number of amides is 1. The predicted octanol–water partition coefficient (Wildman–Crippen LogP) is 0.840. The smallest absolute Gasteiger partial charge is 0.240 e. The van der Waals surface area contributed by atoms with Gasteiger partial charge in [0.1, 0.15) is 0 Å². The second-order valence-electron chi connectivity index (χ2n) is 6.63. The van der Waals surface area contributed by atoms with E-state index in [9.17, 15) is 4.79 Å². The topological polar surface area (TPSA) is 44.8 Å². The van der Waals surface area contributed by atoms with Gasteiger partial charge in [-0.25, -0.2) is 0 Å². The van der Waals surface area contributed by atoms with E-state index in [1.807, 2.05) is 0 Å². The largest absolute Gasteiger partial charge is 0.383 e. The number of ether oxygens (including phenoxy) is 1. The second kappa shape index (κ2) is 7.07. The van der Waals surface area contributed by atoms with Gasteiger partial charge in [0.2, 0.25) is 5.91 Å². The molecule has 1 saturated carbocycles. The monoisotopic (exact) mass is 295 g/mol. The van der Waals surface area contributed by atoms with Crippen molar-refractivity contribution in [1.29, 1.82) is 0 Å². The lowest BCUT2D eigenvalue weighted by Crippen LogP contribution is -2.52. The molecule has 3 aliphatic rings.